The van der Waals surface area contributed by atoms with Gasteiger partial charge in [-0.3, -0.25) is 0 Å². The quantitative estimate of drug-likeness (QED) is 0.169. The molecule has 0 radical (unpaired) electrons. The lowest BCUT2D eigenvalue weighted by molar-refractivity contribution is 0.942. The molecule has 0 spiro atoms. The number of rotatable bonds is 6. The maximum atomic E-state index is 2.37. The van der Waals surface area contributed by atoms with Gasteiger partial charge < -0.3 is 0 Å². The molecule has 2 heteroatoms. The first-order valence-electron chi connectivity index (χ1n) is 15.2. The van der Waals surface area contributed by atoms with Crippen LogP contribution in [0.4, 0.5) is 0 Å². The Morgan fingerprint density at radius 1 is 0.465 bits per heavy atom. The molecule has 4 aromatic carbocycles. The molecule has 6 aromatic rings. The number of thiophene rings is 2. The van der Waals surface area contributed by atoms with Crippen LogP contribution in [0.3, 0.4) is 0 Å². The third-order valence-electron chi connectivity index (χ3n) is 8.69. The second-order valence-electron chi connectivity index (χ2n) is 11.9. The number of fused-ring (bicyclic) bond motifs is 2. The maximum absolute atomic E-state index is 2.37. The molecule has 0 amide bonds. The predicted molar refractivity (Wildman–Crippen MR) is 194 cm³/mol. The zero-order chi connectivity index (χ0) is 29.5. The smallest absolute Gasteiger partial charge is 0.0357 e. The molecule has 0 bridgehead atoms. The molecule has 0 fully saturated rings. The number of allylic oxidation sites excluding steroid dienone is 2. The van der Waals surface area contributed by atoms with Crippen molar-refractivity contribution in [1.29, 1.82) is 0 Å². The second kappa shape index (κ2) is 11.6. The highest BCUT2D eigenvalue weighted by molar-refractivity contribution is 7.19. The van der Waals surface area contributed by atoms with Gasteiger partial charge in [0, 0.05) is 29.9 Å². The summed E-state index contributed by atoms with van der Waals surface area (Å²) >= 11 is 3.89. The van der Waals surface area contributed by atoms with E-state index < -0.39 is 0 Å². The number of hydrogen-bond acceptors (Lipinski definition) is 2. The fourth-order valence-electron chi connectivity index (χ4n) is 6.46. The Morgan fingerprint density at radius 3 is 1.26 bits per heavy atom. The molecule has 2 aromatic heterocycles. The van der Waals surface area contributed by atoms with Crippen molar-refractivity contribution >= 4 is 78.3 Å². The van der Waals surface area contributed by atoms with Gasteiger partial charge in [-0.25, -0.2) is 0 Å². The van der Waals surface area contributed by atoms with E-state index in [-0.39, 0.29) is 0 Å². The molecule has 1 aliphatic carbocycles. The topological polar surface area (TPSA) is 0 Å². The number of benzene rings is 4. The Hall–Kier alpha value is -3.98. The van der Waals surface area contributed by atoms with Gasteiger partial charge in [0.15, 0.2) is 0 Å². The van der Waals surface area contributed by atoms with Gasteiger partial charge in [-0.05, 0) is 104 Å². The minimum atomic E-state index is 1.16. The van der Waals surface area contributed by atoms with E-state index in [1.54, 1.807) is 11.1 Å². The van der Waals surface area contributed by atoms with Gasteiger partial charge in [-0.1, -0.05) is 108 Å². The van der Waals surface area contributed by atoms with E-state index >= 15 is 0 Å². The highest BCUT2D eigenvalue weighted by atomic mass is 32.1. The van der Waals surface area contributed by atoms with Crippen LogP contribution in [0.25, 0.3) is 55.6 Å². The molecular weight excluding hydrogens is 557 g/mol. The van der Waals surface area contributed by atoms with Gasteiger partial charge in [-0.2, -0.15) is 0 Å². The van der Waals surface area contributed by atoms with Crippen molar-refractivity contribution in [3.8, 4) is 0 Å². The van der Waals surface area contributed by atoms with Crippen LogP contribution in [0.2, 0.25) is 0 Å². The molecule has 212 valence electrons. The highest BCUT2D eigenvalue weighted by Crippen LogP contribution is 2.49. The Labute approximate surface area is 263 Å². The van der Waals surface area contributed by atoms with Crippen LogP contribution in [0, 0.1) is 27.7 Å². The molecule has 7 rings (SSSR count). The predicted octanol–water partition coefficient (Wildman–Crippen LogP) is 12.8. The van der Waals surface area contributed by atoms with Crippen molar-refractivity contribution in [3.05, 3.63) is 139 Å². The van der Waals surface area contributed by atoms with Crippen LogP contribution in [0.5, 0.6) is 0 Å². The first-order valence-corrected chi connectivity index (χ1v) is 16.8. The molecule has 0 atom stereocenters. The lowest BCUT2D eigenvalue weighted by Crippen LogP contribution is -1.89. The number of hydrogen-bond donors (Lipinski definition) is 0. The largest absolute Gasteiger partial charge is 0.140 e. The summed E-state index contributed by atoms with van der Waals surface area (Å²) in [5.41, 5.74) is 13.7. The molecule has 0 aliphatic heterocycles. The summed E-state index contributed by atoms with van der Waals surface area (Å²) in [7, 11) is 0. The molecular formula is C41H36S2. The molecule has 1 aliphatic rings. The van der Waals surface area contributed by atoms with E-state index in [2.05, 4.69) is 137 Å². The summed E-state index contributed by atoms with van der Waals surface area (Å²) < 4.78 is 2.77. The van der Waals surface area contributed by atoms with Crippen molar-refractivity contribution in [3.63, 3.8) is 0 Å². The van der Waals surface area contributed by atoms with Gasteiger partial charge >= 0.3 is 0 Å². The minimum absolute atomic E-state index is 1.16. The van der Waals surface area contributed by atoms with Crippen molar-refractivity contribution in [2.45, 2.75) is 47.0 Å². The molecule has 0 unspecified atom stereocenters. The van der Waals surface area contributed by atoms with E-state index in [0.29, 0.717) is 0 Å². The summed E-state index contributed by atoms with van der Waals surface area (Å²) in [6.07, 6.45) is 12.5. The average molecular weight is 593 g/mol. The van der Waals surface area contributed by atoms with Crippen molar-refractivity contribution < 1.29 is 0 Å². The van der Waals surface area contributed by atoms with Crippen LogP contribution in [0.15, 0.2) is 84.9 Å². The summed E-state index contributed by atoms with van der Waals surface area (Å²) in [6.45, 7) is 8.90. The van der Waals surface area contributed by atoms with Crippen molar-refractivity contribution in [2.75, 3.05) is 0 Å². The van der Waals surface area contributed by atoms with Gasteiger partial charge in [0.05, 0.1) is 0 Å². The lowest BCUT2D eigenvalue weighted by Gasteiger charge is -2.10. The molecule has 0 saturated heterocycles. The monoisotopic (exact) mass is 592 g/mol. The fourth-order valence-corrected chi connectivity index (χ4v) is 8.74. The third kappa shape index (κ3) is 5.58. The third-order valence-corrected chi connectivity index (χ3v) is 10.8. The average Bonchev–Trinajstić information content (AvgIpc) is 3.69. The van der Waals surface area contributed by atoms with Crippen LogP contribution < -0.4 is 0 Å². The molecule has 0 nitrogen and oxygen atoms in total. The zero-order valence-corrected chi connectivity index (χ0v) is 27.0. The molecule has 43 heavy (non-hydrogen) atoms. The normalized spacial score (nSPS) is 14.0. The van der Waals surface area contributed by atoms with Gasteiger partial charge in [0.2, 0.25) is 0 Å². The Bertz CT molecular complexity index is 1910. The van der Waals surface area contributed by atoms with Gasteiger partial charge in [0.1, 0.15) is 0 Å². The van der Waals surface area contributed by atoms with Gasteiger partial charge in [-0.15, -0.1) is 22.7 Å². The van der Waals surface area contributed by atoms with E-state index in [9.17, 15) is 0 Å². The minimum Gasteiger partial charge on any atom is -0.140 e. The maximum Gasteiger partial charge on any atom is 0.0357 e. The summed E-state index contributed by atoms with van der Waals surface area (Å²) in [6, 6.07) is 31.5. The first kappa shape index (κ1) is 27.8. The standard InChI is InChI=1S/C41H36S2/c1-26-8-12-30(13-9-26)16-18-32-20-22-36-38(24-32)42-28(3)40(36)34-6-5-7-35(34)41-29(4)43-39-25-33(21-23-37(39)41)19-17-31-14-10-27(2)11-15-31/h8-25H,5-7H2,1-4H3. The van der Waals surface area contributed by atoms with E-state index in [1.807, 2.05) is 22.7 Å². The molecule has 0 N–H and O–H groups in total. The van der Waals surface area contributed by atoms with Crippen molar-refractivity contribution in [2.24, 2.45) is 0 Å². The van der Waals surface area contributed by atoms with Crippen LogP contribution in [0.1, 0.15) is 73.5 Å². The van der Waals surface area contributed by atoms with Gasteiger partial charge in [0.25, 0.3) is 0 Å². The van der Waals surface area contributed by atoms with E-state index in [0.717, 1.165) is 12.8 Å². The van der Waals surface area contributed by atoms with Crippen LogP contribution >= 0.6 is 22.7 Å². The Kier molecular flexibility index (Phi) is 7.51. The highest BCUT2D eigenvalue weighted by Gasteiger charge is 2.25. The van der Waals surface area contributed by atoms with Crippen molar-refractivity contribution in [1.82, 2.24) is 0 Å². The van der Waals surface area contributed by atoms with E-state index in [4.69, 9.17) is 0 Å². The van der Waals surface area contributed by atoms with Crippen LogP contribution in [-0.4, -0.2) is 0 Å². The summed E-state index contributed by atoms with van der Waals surface area (Å²) in [5, 5.41) is 2.82. The summed E-state index contributed by atoms with van der Waals surface area (Å²) in [5.74, 6) is 0. The molecule has 2 heterocycles. The fraction of sp³-hybridized carbons (Fsp3) is 0.171. The zero-order valence-electron chi connectivity index (χ0n) is 25.3. The summed E-state index contributed by atoms with van der Waals surface area (Å²) in [4.78, 5) is 2.87. The number of aryl methyl sites for hydroxylation is 4. The Morgan fingerprint density at radius 2 is 0.837 bits per heavy atom. The SMILES string of the molecule is Cc1ccc(C=Cc2ccc3c(C4=C(c5c(C)sc6cc(C=Cc7ccc(C)cc7)ccc56)CCC4)c(C)sc3c2)cc1. The van der Waals surface area contributed by atoms with Crippen LogP contribution in [-0.2, 0) is 0 Å². The first-order chi connectivity index (χ1) is 20.9. The van der Waals surface area contributed by atoms with E-state index in [1.165, 1.54) is 80.9 Å². The molecule has 0 saturated carbocycles. The Balaban J connectivity index is 1.23. The second-order valence-corrected chi connectivity index (χ2v) is 14.4. The lowest BCUT2D eigenvalue weighted by atomic mass is 9.93.